The average molecular weight is 212 g/mol. The third kappa shape index (κ3) is 2.31. The summed E-state index contributed by atoms with van der Waals surface area (Å²) in [5.74, 6) is 0. The van der Waals surface area contributed by atoms with Crippen molar-refractivity contribution in [3.05, 3.63) is 29.6 Å². The van der Waals surface area contributed by atoms with Crippen molar-refractivity contribution < 1.29 is 8.78 Å². The smallest absolute Gasteiger partial charge is 0.280 e. The molecule has 0 aromatic carbocycles. The van der Waals surface area contributed by atoms with Gasteiger partial charge in [-0.1, -0.05) is 12.5 Å². The van der Waals surface area contributed by atoms with Crippen molar-refractivity contribution >= 4 is 0 Å². The molecular weight excluding hydrogens is 198 g/mol. The molecule has 0 aliphatic carbocycles. The second kappa shape index (κ2) is 4.66. The highest BCUT2D eigenvalue weighted by Crippen LogP contribution is 2.29. The molecule has 15 heavy (non-hydrogen) atoms. The SMILES string of the molecule is FC(F)c1ncccc1C1CCCCN1. The molecule has 1 aromatic rings. The number of nitrogens with one attached hydrogen (secondary N) is 1. The van der Waals surface area contributed by atoms with E-state index >= 15 is 0 Å². The van der Waals surface area contributed by atoms with Gasteiger partial charge in [-0.3, -0.25) is 4.98 Å². The topological polar surface area (TPSA) is 24.9 Å². The molecule has 0 bridgehead atoms. The van der Waals surface area contributed by atoms with E-state index in [0.29, 0.717) is 5.56 Å². The highest BCUT2D eigenvalue weighted by Gasteiger charge is 2.22. The average Bonchev–Trinajstić information content (AvgIpc) is 2.30. The molecule has 1 atom stereocenters. The van der Waals surface area contributed by atoms with Crippen LogP contribution in [0, 0.1) is 0 Å². The van der Waals surface area contributed by atoms with E-state index in [-0.39, 0.29) is 11.7 Å². The Morgan fingerprint density at radius 3 is 2.93 bits per heavy atom. The molecule has 2 heterocycles. The minimum absolute atomic E-state index is 0.0523. The first-order valence-corrected chi connectivity index (χ1v) is 5.25. The van der Waals surface area contributed by atoms with E-state index in [1.807, 2.05) is 0 Å². The van der Waals surface area contributed by atoms with E-state index < -0.39 is 6.43 Å². The Balaban J connectivity index is 2.25. The van der Waals surface area contributed by atoms with Crippen LogP contribution < -0.4 is 5.32 Å². The van der Waals surface area contributed by atoms with Crippen LogP contribution in [0.25, 0.3) is 0 Å². The van der Waals surface area contributed by atoms with E-state index in [9.17, 15) is 8.78 Å². The molecule has 1 unspecified atom stereocenters. The summed E-state index contributed by atoms with van der Waals surface area (Å²) in [5, 5.41) is 3.26. The van der Waals surface area contributed by atoms with Crippen molar-refractivity contribution in [1.82, 2.24) is 10.3 Å². The Labute approximate surface area is 87.7 Å². The fourth-order valence-electron chi connectivity index (χ4n) is 2.02. The zero-order valence-corrected chi connectivity index (χ0v) is 8.42. The summed E-state index contributed by atoms with van der Waals surface area (Å²) in [7, 11) is 0. The number of hydrogen-bond donors (Lipinski definition) is 1. The number of halogens is 2. The predicted octanol–water partition coefficient (Wildman–Crippen LogP) is 2.83. The van der Waals surface area contributed by atoms with Crippen molar-refractivity contribution in [2.24, 2.45) is 0 Å². The number of alkyl halides is 2. The summed E-state index contributed by atoms with van der Waals surface area (Å²) in [4.78, 5) is 3.76. The van der Waals surface area contributed by atoms with E-state index in [1.54, 1.807) is 12.1 Å². The van der Waals surface area contributed by atoms with Crippen LogP contribution in [0.2, 0.25) is 0 Å². The summed E-state index contributed by atoms with van der Waals surface area (Å²) in [6.45, 7) is 0.905. The van der Waals surface area contributed by atoms with Crippen LogP contribution in [-0.4, -0.2) is 11.5 Å². The minimum atomic E-state index is -2.48. The molecule has 0 saturated carbocycles. The van der Waals surface area contributed by atoms with Gasteiger partial charge in [0, 0.05) is 12.2 Å². The molecule has 1 fully saturated rings. The van der Waals surface area contributed by atoms with Crippen molar-refractivity contribution in [3.8, 4) is 0 Å². The maximum absolute atomic E-state index is 12.7. The van der Waals surface area contributed by atoms with Crippen LogP contribution in [0.5, 0.6) is 0 Å². The molecule has 1 N–H and O–H groups in total. The lowest BCUT2D eigenvalue weighted by molar-refractivity contribution is 0.143. The Hall–Kier alpha value is -1.03. The Morgan fingerprint density at radius 2 is 2.27 bits per heavy atom. The number of piperidine rings is 1. The summed E-state index contributed by atoms with van der Waals surface area (Å²) in [6, 6.07) is 3.52. The van der Waals surface area contributed by atoms with Gasteiger partial charge in [-0.2, -0.15) is 0 Å². The lowest BCUT2D eigenvalue weighted by atomic mass is 9.96. The fourth-order valence-corrected chi connectivity index (χ4v) is 2.02. The Bertz CT molecular complexity index is 322. The largest absolute Gasteiger partial charge is 0.310 e. The lowest BCUT2D eigenvalue weighted by Gasteiger charge is -2.25. The molecule has 0 radical (unpaired) electrons. The van der Waals surface area contributed by atoms with Crippen LogP contribution in [0.15, 0.2) is 18.3 Å². The van der Waals surface area contributed by atoms with Crippen LogP contribution in [0.3, 0.4) is 0 Å². The summed E-state index contributed by atoms with van der Waals surface area (Å²) < 4.78 is 25.4. The molecule has 0 spiro atoms. The van der Waals surface area contributed by atoms with Gasteiger partial charge in [-0.15, -0.1) is 0 Å². The Morgan fingerprint density at radius 1 is 1.40 bits per heavy atom. The van der Waals surface area contributed by atoms with Crippen molar-refractivity contribution in [1.29, 1.82) is 0 Å². The summed E-state index contributed by atoms with van der Waals surface area (Å²) in [6.07, 6.45) is 2.08. The second-order valence-corrected chi connectivity index (χ2v) is 3.78. The van der Waals surface area contributed by atoms with Gasteiger partial charge in [-0.05, 0) is 31.0 Å². The normalized spacial score (nSPS) is 21.9. The molecule has 2 rings (SSSR count). The highest BCUT2D eigenvalue weighted by atomic mass is 19.3. The number of rotatable bonds is 2. The molecular formula is C11H14F2N2. The van der Waals surface area contributed by atoms with Crippen molar-refractivity contribution in [3.63, 3.8) is 0 Å². The first-order chi connectivity index (χ1) is 7.29. The fraction of sp³-hybridized carbons (Fsp3) is 0.545. The number of aromatic nitrogens is 1. The standard InChI is InChI=1S/C11H14F2N2/c12-11(13)10-8(4-3-7-15-10)9-5-1-2-6-14-9/h3-4,7,9,11,14H,1-2,5-6H2. The molecule has 1 saturated heterocycles. The lowest BCUT2D eigenvalue weighted by Crippen LogP contribution is -2.27. The number of pyridine rings is 1. The van der Waals surface area contributed by atoms with Gasteiger partial charge >= 0.3 is 0 Å². The summed E-state index contributed by atoms with van der Waals surface area (Å²) >= 11 is 0. The minimum Gasteiger partial charge on any atom is -0.310 e. The molecule has 1 aliphatic rings. The van der Waals surface area contributed by atoms with Gasteiger partial charge in [0.1, 0.15) is 5.69 Å². The zero-order chi connectivity index (χ0) is 10.7. The molecule has 1 aliphatic heterocycles. The molecule has 4 heteroatoms. The predicted molar refractivity (Wildman–Crippen MR) is 53.8 cm³/mol. The van der Waals surface area contributed by atoms with Crippen LogP contribution in [0.1, 0.15) is 43.0 Å². The second-order valence-electron chi connectivity index (χ2n) is 3.78. The van der Waals surface area contributed by atoms with Crippen LogP contribution >= 0.6 is 0 Å². The maximum atomic E-state index is 12.7. The van der Waals surface area contributed by atoms with Gasteiger partial charge < -0.3 is 5.32 Å². The highest BCUT2D eigenvalue weighted by molar-refractivity contribution is 5.25. The third-order valence-electron chi connectivity index (χ3n) is 2.76. The van der Waals surface area contributed by atoms with Crippen LogP contribution in [0.4, 0.5) is 8.78 Å². The molecule has 1 aromatic heterocycles. The van der Waals surface area contributed by atoms with Gasteiger partial charge in [0.25, 0.3) is 6.43 Å². The first kappa shape index (κ1) is 10.5. The number of hydrogen-bond acceptors (Lipinski definition) is 2. The Kier molecular flexibility index (Phi) is 3.26. The van der Waals surface area contributed by atoms with E-state index in [1.165, 1.54) is 6.20 Å². The van der Waals surface area contributed by atoms with E-state index in [2.05, 4.69) is 10.3 Å². The van der Waals surface area contributed by atoms with Gasteiger partial charge in [-0.25, -0.2) is 8.78 Å². The van der Waals surface area contributed by atoms with E-state index in [0.717, 1.165) is 25.8 Å². The van der Waals surface area contributed by atoms with Gasteiger partial charge in [0.05, 0.1) is 0 Å². The molecule has 82 valence electrons. The van der Waals surface area contributed by atoms with Gasteiger partial charge in [0.15, 0.2) is 0 Å². The third-order valence-corrected chi connectivity index (χ3v) is 2.76. The van der Waals surface area contributed by atoms with Crippen molar-refractivity contribution in [2.75, 3.05) is 6.54 Å². The van der Waals surface area contributed by atoms with Crippen molar-refractivity contribution in [2.45, 2.75) is 31.7 Å². The molecule has 0 amide bonds. The van der Waals surface area contributed by atoms with Crippen LogP contribution in [-0.2, 0) is 0 Å². The summed E-state index contributed by atoms with van der Waals surface area (Å²) in [5.41, 5.74) is 0.587. The molecule has 2 nitrogen and oxygen atoms in total. The monoisotopic (exact) mass is 212 g/mol. The first-order valence-electron chi connectivity index (χ1n) is 5.25. The maximum Gasteiger partial charge on any atom is 0.280 e. The zero-order valence-electron chi connectivity index (χ0n) is 8.42. The number of nitrogens with zero attached hydrogens (tertiary/aromatic N) is 1. The van der Waals surface area contributed by atoms with Gasteiger partial charge in [0.2, 0.25) is 0 Å². The van der Waals surface area contributed by atoms with E-state index in [4.69, 9.17) is 0 Å². The quantitative estimate of drug-likeness (QED) is 0.815.